The minimum atomic E-state index is -3.60. The fraction of sp³-hybridized carbons (Fsp3) is 0.440. The number of anilines is 2. The van der Waals surface area contributed by atoms with Gasteiger partial charge in [-0.15, -0.1) is 0 Å². The van der Waals surface area contributed by atoms with E-state index in [1.807, 2.05) is 24.3 Å². The van der Waals surface area contributed by atoms with Crippen molar-refractivity contribution >= 4 is 33.2 Å². The Bertz CT molecular complexity index is 1120. The molecule has 2 heterocycles. The van der Waals surface area contributed by atoms with Crippen LogP contribution in [-0.4, -0.2) is 44.2 Å². The lowest BCUT2D eigenvalue weighted by atomic mass is 10.1. The highest BCUT2D eigenvalue weighted by atomic mass is 32.2. The van der Waals surface area contributed by atoms with Crippen LogP contribution in [0.25, 0.3) is 0 Å². The SMILES string of the molecule is Cc1ccc(NC(=O)Cc2ccc(N3CCCC3=O)cc2)cc1S(=O)(=O)N1CCCCCC1. The highest BCUT2D eigenvalue weighted by Gasteiger charge is 2.27. The Morgan fingerprint density at radius 3 is 2.27 bits per heavy atom. The molecule has 0 radical (unpaired) electrons. The zero-order valence-corrected chi connectivity index (χ0v) is 19.9. The number of aryl methyl sites for hydroxylation is 1. The maximum atomic E-state index is 13.2. The van der Waals surface area contributed by atoms with Gasteiger partial charge in [0.15, 0.2) is 0 Å². The first-order valence-corrected chi connectivity index (χ1v) is 13.1. The number of carbonyl (C=O) groups is 2. The van der Waals surface area contributed by atoms with Gasteiger partial charge in [-0.1, -0.05) is 31.0 Å². The van der Waals surface area contributed by atoms with Crippen LogP contribution in [0.2, 0.25) is 0 Å². The van der Waals surface area contributed by atoms with Crippen molar-refractivity contribution in [1.29, 1.82) is 0 Å². The molecular formula is C25H31N3O4S. The van der Waals surface area contributed by atoms with E-state index in [-0.39, 0.29) is 23.1 Å². The van der Waals surface area contributed by atoms with Crippen molar-refractivity contribution in [2.24, 2.45) is 0 Å². The smallest absolute Gasteiger partial charge is 0.243 e. The highest BCUT2D eigenvalue weighted by molar-refractivity contribution is 7.89. The van der Waals surface area contributed by atoms with Crippen molar-refractivity contribution < 1.29 is 18.0 Å². The van der Waals surface area contributed by atoms with E-state index in [4.69, 9.17) is 0 Å². The Labute approximate surface area is 195 Å². The topological polar surface area (TPSA) is 86.8 Å². The summed E-state index contributed by atoms with van der Waals surface area (Å²) in [4.78, 5) is 26.5. The van der Waals surface area contributed by atoms with Gasteiger partial charge in [0.2, 0.25) is 21.8 Å². The molecule has 7 nitrogen and oxygen atoms in total. The summed E-state index contributed by atoms with van der Waals surface area (Å²) in [6, 6.07) is 12.5. The Morgan fingerprint density at radius 1 is 0.939 bits per heavy atom. The van der Waals surface area contributed by atoms with Crippen molar-refractivity contribution in [3.8, 4) is 0 Å². The van der Waals surface area contributed by atoms with Crippen LogP contribution in [0.15, 0.2) is 47.4 Å². The van der Waals surface area contributed by atoms with Gasteiger partial charge in [-0.05, 0) is 61.6 Å². The molecule has 0 spiro atoms. The molecule has 2 amide bonds. The molecule has 4 rings (SSSR count). The molecule has 8 heteroatoms. The maximum absolute atomic E-state index is 13.2. The van der Waals surface area contributed by atoms with Gasteiger partial charge in [-0.3, -0.25) is 9.59 Å². The predicted octanol–water partition coefficient (Wildman–Crippen LogP) is 3.87. The first kappa shape index (κ1) is 23.4. The fourth-order valence-electron chi connectivity index (χ4n) is 4.48. The van der Waals surface area contributed by atoms with Gasteiger partial charge in [-0.25, -0.2) is 8.42 Å². The number of sulfonamides is 1. The van der Waals surface area contributed by atoms with E-state index in [2.05, 4.69) is 5.32 Å². The van der Waals surface area contributed by atoms with Gasteiger partial charge in [-0.2, -0.15) is 4.31 Å². The second kappa shape index (κ2) is 10.1. The second-order valence-corrected chi connectivity index (χ2v) is 10.7. The molecule has 0 bridgehead atoms. The Morgan fingerprint density at radius 2 is 1.64 bits per heavy atom. The van der Waals surface area contributed by atoms with Crippen LogP contribution in [0.4, 0.5) is 11.4 Å². The molecule has 2 aromatic rings. The summed E-state index contributed by atoms with van der Waals surface area (Å²) < 4.78 is 28.0. The lowest BCUT2D eigenvalue weighted by Crippen LogP contribution is -2.32. The van der Waals surface area contributed by atoms with Crippen molar-refractivity contribution in [3.63, 3.8) is 0 Å². The van der Waals surface area contributed by atoms with Crippen LogP contribution in [0.5, 0.6) is 0 Å². The van der Waals surface area contributed by atoms with Crippen LogP contribution >= 0.6 is 0 Å². The number of hydrogen-bond acceptors (Lipinski definition) is 4. The summed E-state index contributed by atoms with van der Waals surface area (Å²) in [6.07, 6.45) is 5.47. The maximum Gasteiger partial charge on any atom is 0.243 e. The molecule has 0 aliphatic carbocycles. The van der Waals surface area contributed by atoms with Crippen molar-refractivity contribution in [3.05, 3.63) is 53.6 Å². The van der Waals surface area contributed by atoms with E-state index in [1.165, 1.54) is 0 Å². The summed E-state index contributed by atoms with van der Waals surface area (Å²) in [5, 5.41) is 2.84. The van der Waals surface area contributed by atoms with Gasteiger partial charge in [0.05, 0.1) is 11.3 Å². The molecule has 2 saturated heterocycles. The molecule has 0 saturated carbocycles. The van der Waals surface area contributed by atoms with E-state index < -0.39 is 10.0 Å². The molecule has 2 aliphatic heterocycles. The van der Waals surface area contributed by atoms with Gasteiger partial charge in [0, 0.05) is 37.4 Å². The predicted molar refractivity (Wildman–Crippen MR) is 129 cm³/mol. The lowest BCUT2D eigenvalue weighted by molar-refractivity contribution is -0.117. The van der Waals surface area contributed by atoms with E-state index in [0.717, 1.165) is 49.9 Å². The molecule has 2 aromatic carbocycles. The Hall–Kier alpha value is -2.71. The molecule has 2 fully saturated rings. The van der Waals surface area contributed by atoms with Crippen LogP contribution in [-0.2, 0) is 26.0 Å². The van der Waals surface area contributed by atoms with Crippen molar-refractivity contribution in [2.45, 2.75) is 56.8 Å². The molecule has 2 aliphatic rings. The minimum Gasteiger partial charge on any atom is -0.326 e. The Kier molecular flexibility index (Phi) is 7.14. The van der Waals surface area contributed by atoms with Gasteiger partial charge in [0.25, 0.3) is 0 Å². The summed E-state index contributed by atoms with van der Waals surface area (Å²) in [5.41, 5.74) is 2.82. The standard InChI is InChI=1S/C25H31N3O4S/c1-19-8-11-21(18-23(19)33(31,32)27-14-4-2-3-5-15-27)26-24(29)17-20-9-12-22(13-10-20)28-16-6-7-25(28)30/h8-13,18H,2-7,14-17H2,1H3,(H,26,29). The number of nitrogens with one attached hydrogen (secondary N) is 1. The molecule has 176 valence electrons. The quantitative estimate of drug-likeness (QED) is 0.696. The highest BCUT2D eigenvalue weighted by Crippen LogP contribution is 2.26. The average Bonchev–Trinajstić information content (AvgIpc) is 3.04. The fourth-order valence-corrected chi connectivity index (χ4v) is 6.25. The zero-order valence-electron chi connectivity index (χ0n) is 19.0. The largest absolute Gasteiger partial charge is 0.326 e. The van der Waals surface area contributed by atoms with Crippen LogP contribution in [0.1, 0.15) is 49.7 Å². The van der Waals surface area contributed by atoms with Crippen LogP contribution in [0.3, 0.4) is 0 Å². The van der Waals surface area contributed by atoms with Crippen molar-refractivity contribution in [2.75, 3.05) is 29.9 Å². The number of rotatable bonds is 6. The number of hydrogen-bond donors (Lipinski definition) is 1. The third-order valence-corrected chi connectivity index (χ3v) is 8.38. The third-order valence-electron chi connectivity index (χ3n) is 6.34. The molecular weight excluding hydrogens is 438 g/mol. The van der Waals surface area contributed by atoms with E-state index in [0.29, 0.717) is 30.8 Å². The Balaban J connectivity index is 1.43. The monoisotopic (exact) mass is 469 g/mol. The first-order valence-electron chi connectivity index (χ1n) is 11.6. The zero-order chi connectivity index (χ0) is 23.4. The third kappa shape index (κ3) is 5.45. The van der Waals surface area contributed by atoms with Crippen LogP contribution < -0.4 is 10.2 Å². The van der Waals surface area contributed by atoms with Gasteiger partial charge < -0.3 is 10.2 Å². The molecule has 1 N–H and O–H groups in total. The van der Waals surface area contributed by atoms with Crippen LogP contribution in [0, 0.1) is 6.92 Å². The van der Waals surface area contributed by atoms with E-state index in [1.54, 1.807) is 34.3 Å². The summed E-state index contributed by atoms with van der Waals surface area (Å²) >= 11 is 0. The molecule has 33 heavy (non-hydrogen) atoms. The van der Waals surface area contributed by atoms with E-state index in [9.17, 15) is 18.0 Å². The van der Waals surface area contributed by atoms with Gasteiger partial charge >= 0.3 is 0 Å². The number of nitrogens with zero attached hydrogens (tertiary/aromatic N) is 2. The number of carbonyl (C=O) groups excluding carboxylic acids is 2. The second-order valence-electron chi connectivity index (χ2n) is 8.84. The van der Waals surface area contributed by atoms with Crippen molar-refractivity contribution in [1.82, 2.24) is 4.31 Å². The number of amides is 2. The molecule has 0 unspecified atom stereocenters. The summed E-state index contributed by atoms with van der Waals surface area (Å²) in [7, 11) is -3.60. The average molecular weight is 470 g/mol. The summed E-state index contributed by atoms with van der Waals surface area (Å²) in [5.74, 6) is -0.0900. The summed E-state index contributed by atoms with van der Waals surface area (Å²) in [6.45, 7) is 3.59. The molecule has 0 atom stereocenters. The lowest BCUT2D eigenvalue weighted by Gasteiger charge is -2.21. The minimum absolute atomic E-state index is 0.130. The number of benzene rings is 2. The normalized spacial score (nSPS) is 17.7. The first-order chi connectivity index (χ1) is 15.8. The van der Waals surface area contributed by atoms with Gasteiger partial charge in [0.1, 0.15) is 0 Å². The molecule has 0 aromatic heterocycles. The van der Waals surface area contributed by atoms with E-state index >= 15 is 0 Å².